The van der Waals surface area contributed by atoms with Gasteiger partial charge in [-0.1, -0.05) is 22.9 Å². The fourth-order valence-corrected chi connectivity index (χ4v) is 4.63. The van der Waals surface area contributed by atoms with Crippen molar-refractivity contribution in [1.82, 2.24) is 4.31 Å². The number of halogens is 1. The van der Waals surface area contributed by atoms with Gasteiger partial charge < -0.3 is 10.5 Å². The second-order valence-corrected chi connectivity index (χ2v) is 8.22. The van der Waals surface area contributed by atoms with Crippen molar-refractivity contribution in [3.8, 4) is 5.75 Å². The normalized spacial score (nSPS) is 24.0. The quantitative estimate of drug-likeness (QED) is 0.886. The molecule has 0 spiro atoms. The number of hydrogen-bond donors (Lipinski definition) is 1. The molecular formula is C13H19BrN2O3S. The van der Waals surface area contributed by atoms with Gasteiger partial charge >= 0.3 is 0 Å². The van der Waals surface area contributed by atoms with Crippen LogP contribution in [0.3, 0.4) is 0 Å². The highest BCUT2D eigenvalue weighted by molar-refractivity contribution is 9.10. The van der Waals surface area contributed by atoms with E-state index in [2.05, 4.69) is 15.9 Å². The summed E-state index contributed by atoms with van der Waals surface area (Å²) < 4.78 is 32.9. The number of methoxy groups -OCH3 is 1. The van der Waals surface area contributed by atoms with Crippen LogP contribution in [-0.4, -0.2) is 39.5 Å². The third-order valence-electron chi connectivity index (χ3n) is 3.76. The van der Waals surface area contributed by atoms with E-state index >= 15 is 0 Å². The molecule has 1 aliphatic rings. The molecule has 5 nitrogen and oxygen atoms in total. The lowest BCUT2D eigenvalue weighted by Crippen LogP contribution is -2.34. The first-order valence-corrected chi connectivity index (χ1v) is 8.59. The van der Waals surface area contributed by atoms with Gasteiger partial charge in [0.15, 0.2) is 0 Å². The first kappa shape index (κ1) is 15.8. The van der Waals surface area contributed by atoms with Crippen LogP contribution in [0.5, 0.6) is 5.75 Å². The number of benzene rings is 1. The minimum absolute atomic E-state index is 0.147. The number of nitrogens with zero attached hydrogens (tertiary/aromatic N) is 1. The highest BCUT2D eigenvalue weighted by atomic mass is 79.9. The van der Waals surface area contributed by atoms with Crippen LogP contribution in [-0.2, 0) is 10.0 Å². The number of sulfonamides is 1. The molecule has 1 saturated heterocycles. The van der Waals surface area contributed by atoms with E-state index < -0.39 is 10.0 Å². The first-order valence-electron chi connectivity index (χ1n) is 6.36. The Morgan fingerprint density at radius 2 is 2.20 bits per heavy atom. The molecule has 0 saturated carbocycles. The van der Waals surface area contributed by atoms with E-state index in [1.165, 1.54) is 11.4 Å². The summed E-state index contributed by atoms with van der Waals surface area (Å²) >= 11 is 3.30. The zero-order chi connectivity index (χ0) is 15.0. The Hall–Kier alpha value is -0.630. The summed E-state index contributed by atoms with van der Waals surface area (Å²) in [5, 5.41) is 0. The van der Waals surface area contributed by atoms with Crippen molar-refractivity contribution in [3.05, 3.63) is 22.7 Å². The van der Waals surface area contributed by atoms with Crippen LogP contribution in [0.1, 0.15) is 13.3 Å². The molecule has 1 heterocycles. The number of rotatable bonds is 4. The van der Waals surface area contributed by atoms with Gasteiger partial charge in [-0.05, 0) is 36.6 Å². The molecule has 0 aliphatic carbocycles. The van der Waals surface area contributed by atoms with E-state index in [0.29, 0.717) is 29.9 Å². The third kappa shape index (κ3) is 2.86. The maximum atomic E-state index is 12.8. The van der Waals surface area contributed by atoms with Gasteiger partial charge in [0.2, 0.25) is 10.0 Å². The van der Waals surface area contributed by atoms with Gasteiger partial charge in [0.25, 0.3) is 0 Å². The van der Waals surface area contributed by atoms with Gasteiger partial charge in [0.05, 0.1) is 7.11 Å². The fraction of sp³-hybridized carbons (Fsp3) is 0.538. The molecular weight excluding hydrogens is 344 g/mol. The predicted octanol–water partition coefficient (Wildman–Crippen LogP) is 1.82. The molecule has 0 amide bonds. The lowest BCUT2D eigenvalue weighted by Gasteiger charge is -2.23. The lowest BCUT2D eigenvalue weighted by molar-refractivity contribution is 0.348. The Bertz CT molecular complexity index is 606. The van der Waals surface area contributed by atoms with Gasteiger partial charge in [0, 0.05) is 17.6 Å². The van der Waals surface area contributed by atoms with Crippen molar-refractivity contribution in [3.63, 3.8) is 0 Å². The van der Waals surface area contributed by atoms with E-state index in [1.807, 2.05) is 6.92 Å². The van der Waals surface area contributed by atoms with Gasteiger partial charge in [-0.15, -0.1) is 0 Å². The smallest absolute Gasteiger partial charge is 0.246 e. The highest BCUT2D eigenvalue weighted by Crippen LogP contribution is 2.36. The third-order valence-corrected chi connectivity index (χ3v) is 6.12. The molecule has 1 aliphatic heterocycles. The van der Waals surface area contributed by atoms with Crippen LogP contribution >= 0.6 is 15.9 Å². The number of hydrogen-bond acceptors (Lipinski definition) is 4. The summed E-state index contributed by atoms with van der Waals surface area (Å²) in [7, 11) is -2.09. The van der Waals surface area contributed by atoms with E-state index in [4.69, 9.17) is 10.5 Å². The van der Waals surface area contributed by atoms with E-state index in [0.717, 1.165) is 6.42 Å². The minimum Gasteiger partial charge on any atom is -0.495 e. The highest BCUT2D eigenvalue weighted by Gasteiger charge is 2.40. The maximum absolute atomic E-state index is 12.8. The number of nitrogens with two attached hydrogens (primary N) is 1. The number of ether oxygens (including phenoxy) is 1. The van der Waals surface area contributed by atoms with Crippen LogP contribution in [0.4, 0.5) is 0 Å². The summed E-state index contributed by atoms with van der Waals surface area (Å²) in [6.45, 7) is 3.43. The van der Waals surface area contributed by atoms with Gasteiger partial charge in [-0.25, -0.2) is 8.42 Å². The first-order chi connectivity index (χ1) is 9.32. The molecule has 1 fully saturated rings. The molecule has 1 atom stereocenters. The van der Waals surface area contributed by atoms with Gasteiger partial charge in [-0.2, -0.15) is 4.31 Å². The van der Waals surface area contributed by atoms with Gasteiger partial charge in [0.1, 0.15) is 10.6 Å². The van der Waals surface area contributed by atoms with E-state index in [-0.39, 0.29) is 10.3 Å². The molecule has 20 heavy (non-hydrogen) atoms. The van der Waals surface area contributed by atoms with Crippen molar-refractivity contribution >= 4 is 26.0 Å². The summed E-state index contributed by atoms with van der Waals surface area (Å²) in [5.74, 6) is 0.356. The van der Waals surface area contributed by atoms with Crippen molar-refractivity contribution in [2.75, 3.05) is 26.7 Å². The van der Waals surface area contributed by atoms with Crippen molar-refractivity contribution in [1.29, 1.82) is 0 Å². The Balaban J connectivity index is 2.39. The molecule has 7 heteroatoms. The van der Waals surface area contributed by atoms with Crippen LogP contribution in [0, 0.1) is 5.41 Å². The summed E-state index contributed by atoms with van der Waals surface area (Å²) in [6.07, 6.45) is 0.777. The SMILES string of the molecule is COc1ccc(Br)cc1S(=O)(=O)N1CCC(C)(CN)C1. The zero-order valence-electron chi connectivity index (χ0n) is 11.6. The Labute approximate surface area is 128 Å². The molecule has 1 unspecified atom stereocenters. The molecule has 1 aromatic rings. The summed E-state index contributed by atoms with van der Waals surface area (Å²) in [6, 6.07) is 4.98. The van der Waals surface area contributed by atoms with Crippen molar-refractivity contribution < 1.29 is 13.2 Å². The van der Waals surface area contributed by atoms with Crippen LogP contribution in [0.25, 0.3) is 0 Å². The summed E-state index contributed by atoms with van der Waals surface area (Å²) in [4.78, 5) is 0.190. The molecule has 0 bridgehead atoms. The Kier molecular flexibility index (Phi) is 4.44. The van der Waals surface area contributed by atoms with Gasteiger partial charge in [-0.3, -0.25) is 0 Å². The maximum Gasteiger partial charge on any atom is 0.246 e. The Morgan fingerprint density at radius 1 is 1.50 bits per heavy atom. The molecule has 0 radical (unpaired) electrons. The average Bonchev–Trinajstić information content (AvgIpc) is 2.83. The largest absolute Gasteiger partial charge is 0.495 e. The standard InChI is InChI=1S/C13H19BrN2O3S/c1-13(8-15)5-6-16(9-13)20(17,18)12-7-10(14)3-4-11(12)19-2/h3-4,7H,5-6,8-9,15H2,1-2H3. The fourth-order valence-electron chi connectivity index (χ4n) is 2.34. The molecule has 2 N–H and O–H groups in total. The second kappa shape index (κ2) is 5.63. The molecule has 112 valence electrons. The van der Waals surface area contributed by atoms with Crippen LogP contribution in [0.2, 0.25) is 0 Å². The van der Waals surface area contributed by atoms with Crippen LogP contribution in [0.15, 0.2) is 27.6 Å². The minimum atomic E-state index is -3.56. The lowest BCUT2D eigenvalue weighted by atomic mass is 9.90. The predicted molar refractivity (Wildman–Crippen MR) is 81.2 cm³/mol. The van der Waals surface area contributed by atoms with Crippen molar-refractivity contribution in [2.24, 2.45) is 11.1 Å². The second-order valence-electron chi connectivity index (χ2n) is 5.40. The van der Waals surface area contributed by atoms with E-state index in [1.54, 1.807) is 18.2 Å². The molecule has 0 aromatic heterocycles. The molecule has 1 aromatic carbocycles. The molecule has 2 rings (SSSR count). The monoisotopic (exact) mass is 362 g/mol. The topological polar surface area (TPSA) is 72.6 Å². The van der Waals surface area contributed by atoms with Crippen LogP contribution < -0.4 is 10.5 Å². The summed E-state index contributed by atoms with van der Waals surface area (Å²) in [5.41, 5.74) is 5.59. The van der Waals surface area contributed by atoms with E-state index in [9.17, 15) is 8.42 Å². The average molecular weight is 363 g/mol. The van der Waals surface area contributed by atoms with Crippen molar-refractivity contribution in [2.45, 2.75) is 18.2 Å². The zero-order valence-corrected chi connectivity index (χ0v) is 14.0. The Morgan fingerprint density at radius 3 is 2.75 bits per heavy atom.